The van der Waals surface area contributed by atoms with Gasteiger partial charge in [0.05, 0.1) is 12.2 Å². The van der Waals surface area contributed by atoms with E-state index in [0.717, 1.165) is 49.1 Å². The number of aromatic nitrogens is 4. The van der Waals surface area contributed by atoms with E-state index in [0.29, 0.717) is 12.4 Å². The summed E-state index contributed by atoms with van der Waals surface area (Å²) < 4.78 is 7.17. The second-order valence-electron chi connectivity index (χ2n) is 6.70. The molecule has 0 bridgehead atoms. The molecule has 27 heavy (non-hydrogen) atoms. The van der Waals surface area contributed by atoms with E-state index in [9.17, 15) is 0 Å². The highest BCUT2D eigenvalue weighted by Crippen LogP contribution is 2.13. The predicted molar refractivity (Wildman–Crippen MR) is 118 cm³/mol. The molecule has 0 atom stereocenters. The van der Waals surface area contributed by atoms with Crippen LogP contribution in [0.4, 0.5) is 0 Å². The molecule has 0 fully saturated rings. The highest BCUT2D eigenvalue weighted by Gasteiger charge is 2.10. The second-order valence-corrected chi connectivity index (χ2v) is 6.70. The molecule has 0 aliphatic rings. The lowest BCUT2D eigenvalue weighted by Crippen LogP contribution is -2.37. The highest BCUT2D eigenvalue weighted by atomic mass is 127. The number of halogens is 1. The average Bonchev–Trinajstić information content (AvgIpc) is 3.15. The fourth-order valence-corrected chi connectivity index (χ4v) is 2.60. The van der Waals surface area contributed by atoms with Crippen molar-refractivity contribution in [2.24, 2.45) is 12.0 Å². The smallest absolute Gasteiger partial charge is 0.226 e. The van der Waals surface area contributed by atoms with Crippen LogP contribution in [0.15, 0.2) is 9.52 Å². The minimum absolute atomic E-state index is 0. The largest absolute Gasteiger partial charge is 0.357 e. The van der Waals surface area contributed by atoms with Gasteiger partial charge in [0.15, 0.2) is 11.8 Å². The Hall–Kier alpha value is -1.65. The van der Waals surface area contributed by atoms with Crippen LogP contribution < -0.4 is 10.6 Å². The number of aryl methyl sites for hydroxylation is 3. The maximum absolute atomic E-state index is 5.27. The van der Waals surface area contributed by atoms with E-state index in [1.807, 2.05) is 18.7 Å². The first-order valence-electron chi connectivity index (χ1n) is 9.26. The molecular weight excluding hydrogens is 457 g/mol. The van der Waals surface area contributed by atoms with Gasteiger partial charge in [-0.05, 0) is 27.2 Å². The van der Waals surface area contributed by atoms with Gasteiger partial charge in [-0.1, -0.05) is 19.0 Å². The highest BCUT2D eigenvalue weighted by molar-refractivity contribution is 14.0. The van der Waals surface area contributed by atoms with Gasteiger partial charge in [-0.2, -0.15) is 10.1 Å². The number of nitrogens with zero attached hydrogens (tertiary/aromatic N) is 5. The van der Waals surface area contributed by atoms with Crippen molar-refractivity contribution < 1.29 is 4.52 Å². The SMILES string of the molecule is CCNC(=NCc1c(C)nn(C)c1C)NCCCc1nc(C(C)C)no1.I. The number of hydrogen-bond acceptors (Lipinski definition) is 5. The van der Waals surface area contributed by atoms with Crippen molar-refractivity contribution in [3.05, 3.63) is 28.7 Å². The van der Waals surface area contributed by atoms with E-state index < -0.39 is 0 Å². The van der Waals surface area contributed by atoms with E-state index in [-0.39, 0.29) is 29.9 Å². The van der Waals surface area contributed by atoms with Crippen LogP contribution >= 0.6 is 24.0 Å². The summed E-state index contributed by atoms with van der Waals surface area (Å²) in [4.78, 5) is 9.08. The summed E-state index contributed by atoms with van der Waals surface area (Å²) in [6.45, 7) is 12.5. The Morgan fingerprint density at radius 3 is 2.56 bits per heavy atom. The van der Waals surface area contributed by atoms with Crippen molar-refractivity contribution in [1.82, 2.24) is 30.6 Å². The number of aliphatic imine (C=N–C) groups is 1. The summed E-state index contributed by atoms with van der Waals surface area (Å²) in [6.07, 6.45) is 1.65. The van der Waals surface area contributed by atoms with Gasteiger partial charge >= 0.3 is 0 Å². The molecule has 8 nitrogen and oxygen atoms in total. The van der Waals surface area contributed by atoms with E-state index in [2.05, 4.69) is 58.6 Å². The molecule has 0 saturated heterocycles. The van der Waals surface area contributed by atoms with E-state index >= 15 is 0 Å². The molecule has 0 spiro atoms. The van der Waals surface area contributed by atoms with Gasteiger partial charge in [0, 0.05) is 43.7 Å². The molecule has 2 heterocycles. The van der Waals surface area contributed by atoms with Gasteiger partial charge in [0.1, 0.15) is 0 Å². The number of hydrogen-bond donors (Lipinski definition) is 2. The molecule has 2 aromatic heterocycles. The van der Waals surface area contributed by atoms with Gasteiger partial charge in [-0.15, -0.1) is 24.0 Å². The molecule has 152 valence electrons. The molecule has 2 rings (SSSR count). The average molecular weight is 489 g/mol. The summed E-state index contributed by atoms with van der Waals surface area (Å²) in [5, 5.41) is 15.1. The molecule has 0 aliphatic heterocycles. The Bertz CT molecular complexity index is 736. The Labute approximate surface area is 178 Å². The predicted octanol–water partition coefficient (Wildman–Crippen LogP) is 2.85. The first kappa shape index (κ1) is 23.4. The zero-order chi connectivity index (χ0) is 19.1. The summed E-state index contributed by atoms with van der Waals surface area (Å²) in [5.74, 6) is 2.56. The lowest BCUT2D eigenvalue weighted by molar-refractivity contribution is 0.368. The number of rotatable bonds is 8. The summed E-state index contributed by atoms with van der Waals surface area (Å²) >= 11 is 0. The third-order valence-electron chi connectivity index (χ3n) is 4.26. The normalized spacial score (nSPS) is 11.6. The Morgan fingerprint density at radius 2 is 2.00 bits per heavy atom. The van der Waals surface area contributed by atoms with E-state index in [1.165, 1.54) is 5.56 Å². The topological polar surface area (TPSA) is 93.2 Å². The van der Waals surface area contributed by atoms with Gasteiger partial charge < -0.3 is 15.2 Å². The van der Waals surface area contributed by atoms with Gasteiger partial charge in [-0.25, -0.2) is 4.99 Å². The van der Waals surface area contributed by atoms with Crippen molar-refractivity contribution >= 4 is 29.9 Å². The molecule has 2 N–H and O–H groups in total. The van der Waals surface area contributed by atoms with Gasteiger partial charge in [-0.3, -0.25) is 4.68 Å². The third kappa shape index (κ3) is 6.78. The van der Waals surface area contributed by atoms with E-state index in [1.54, 1.807) is 0 Å². The lowest BCUT2D eigenvalue weighted by atomic mass is 10.2. The van der Waals surface area contributed by atoms with Crippen molar-refractivity contribution in [2.45, 2.75) is 59.9 Å². The van der Waals surface area contributed by atoms with Crippen LogP contribution in [-0.2, 0) is 20.0 Å². The fraction of sp³-hybridized carbons (Fsp3) is 0.667. The van der Waals surface area contributed by atoms with Crippen LogP contribution in [0.1, 0.15) is 61.8 Å². The molecule has 0 radical (unpaired) electrons. The third-order valence-corrected chi connectivity index (χ3v) is 4.26. The van der Waals surface area contributed by atoms with Gasteiger partial charge in [0.2, 0.25) is 5.89 Å². The maximum Gasteiger partial charge on any atom is 0.226 e. The van der Waals surface area contributed by atoms with Crippen LogP contribution in [-0.4, -0.2) is 39.0 Å². The summed E-state index contributed by atoms with van der Waals surface area (Å²) in [6, 6.07) is 0. The molecule has 0 unspecified atom stereocenters. The van der Waals surface area contributed by atoms with Crippen LogP contribution in [0.5, 0.6) is 0 Å². The van der Waals surface area contributed by atoms with Crippen LogP contribution in [0.25, 0.3) is 0 Å². The number of nitrogens with one attached hydrogen (secondary N) is 2. The van der Waals surface area contributed by atoms with Crippen molar-refractivity contribution in [1.29, 1.82) is 0 Å². The summed E-state index contributed by atoms with van der Waals surface area (Å²) in [7, 11) is 1.96. The molecule has 0 aromatic carbocycles. The van der Waals surface area contributed by atoms with Crippen molar-refractivity contribution in [3.63, 3.8) is 0 Å². The Morgan fingerprint density at radius 1 is 1.26 bits per heavy atom. The molecule has 2 aromatic rings. The molecule has 0 aliphatic carbocycles. The first-order chi connectivity index (χ1) is 12.4. The van der Waals surface area contributed by atoms with Crippen LogP contribution in [0.2, 0.25) is 0 Å². The monoisotopic (exact) mass is 489 g/mol. The Kier molecular flexibility index (Phi) is 9.75. The summed E-state index contributed by atoms with van der Waals surface area (Å²) in [5.41, 5.74) is 3.36. The molecular formula is C18H32IN7O. The van der Waals surface area contributed by atoms with Crippen molar-refractivity contribution in [2.75, 3.05) is 13.1 Å². The fourth-order valence-electron chi connectivity index (χ4n) is 2.60. The zero-order valence-electron chi connectivity index (χ0n) is 17.2. The lowest BCUT2D eigenvalue weighted by Gasteiger charge is -2.10. The van der Waals surface area contributed by atoms with Crippen LogP contribution in [0, 0.1) is 13.8 Å². The quantitative estimate of drug-likeness (QED) is 0.257. The second kappa shape index (κ2) is 11.3. The molecule has 0 saturated carbocycles. The Balaban J connectivity index is 0.00000364. The zero-order valence-corrected chi connectivity index (χ0v) is 19.5. The minimum Gasteiger partial charge on any atom is -0.357 e. The molecule has 9 heteroatoms. The van der Waals surface area contributed by atoms with E-state index in [4.69, 9.17) is 4.52 Å². The standard InChI is InChI=1S/C18H31N7O.HI/c1-7-19-18(21-11-15-13(4)23-25(6)14(15)5)20-10-8-9-16-22-17(12(2)3)24-26-16;/h12H,7-11H2,1-6H3,(H2,19,20,21);1H. The minimum atomic E-state index is 0. The molecule has 0 amide bonds. The number of guanidine groups is 1. The maximum atomic E-state index is 5.27. The van der Waals surface area contributed by atoms with Crippen LogP contribution in [0.3, 0.4) is 0 Å². The van der Waals surface area contributed by atoms with Crippen molar-refractivity contribution in [3.8, 4) is 0 Å². The first-order valence-corrected chi connectivity index (χ1v) is 9.26. The van der Waals surface area contributed by atoms with Gasteiger partial charge in [0.25, 0.3) is 0 Å².